The first-order valence-corrected chi connectivity index (χ1v) is 8.52. The smallest absolute Gasteiger partial charge is 0.155 e. The standard InChI is InChI=1S/C19H19N5O/c1-25-17-7-5-15(6-8-17)23-12-16-3-2-10-22(16)19(23)14-4-9-18-20-13-21-24(18)11-14/h4-9,11-13,19H,2-3,10H2,1H3. The van der Waals surface area contributed by atoms with Crippen molar-refractivity contribution in [2.24, 2.45) is 0 Å². The number of rotatable bonds is 3. The molecular weight excluding hydrogens is 314 g/mol. The van der Waals surface area contributed by atoms with Gasteiger partial charge in [0, 0.05) is 35.9 Å². The van der Waals surface area contributed by atoms with Gasteiger partial charge in [-0.2, -0.15) is 5.10 Å². The van der Waals surface area contributed by atoms with E-state index in [4.69, 9.17) is 4.74 Å². The monoisotopic (exact) mass is 333 g/mol. The fourth-order valence-electron chi connectivity index (χ4n) is 3.81. The van der Waals surface area contributed by atoms with Crippen molar-refractivity contribution in [3.63, 3.8) is 0 Å². The minimum Gasteiger partial charge on any atom is -0.497 e. The second kappa shape index (κ2) is 5.51. The Morgan fingerprint density at radius 3 is 2.84 bits per heavy atom. The molecule has 0 aliphatic carbocycles. The van der Waals surface area contributed by atoms with Gasteiger partial charge >= 0.3 is 0 Å². The molecular formula is C19H19N5O. The molecule has 0 amide bonds. The lowest BCUT2D eigenvalue weighted by molar-refractivity contribution is 0.318. The summed E-state index contributed by atoms with van der Waals surface area (Å²) in [6.45, 7) is 1.08. The van der Waals surface area contributed by atoms with Crippen LogP contribution in [-0.2, 0) is 0 Å². The van der Waals surface area contributed by atoms with Crippen molar-refractivity contribution >= 4 is 11.3 Å². The third-order valence-electron chi connectivity index (χ3n) is 5.01. The van der Waals surface area contributed by atoms with Crippen LogP contribution in [0.4, 0.5) is 5.69 Å². The highest BCUT2D eigenvalue weighted by Gasteiger charge is 2.36. The minimum absolute atomic E-state index is 0.152. The highest BCUT2D eigenvalue weighted by atomic mass is 16.5. The number of aromatic nitrogens is 3. The van der Waals surface area contributed by atoms with Crippen LogP contribution in [0.15, 0.2) is 60.8 Å². The summed E-state index contributed by atoms with van der Waals surface area (Å²) in [6.07, 6.45) is 8.46. The van der Waals surface area contributed by atoms with Gasteiger partial charge in [0.2, 0.25) is 0 Å². The molecule has 6 nitrogen and oxygen atoms in total. The van der Waals surface area contributed by atoms with Gasteiger partial charge in [0.1, 0.15) is 18.2 Å². The Morgan fingerprint density at radius 1 is 1.12 bits per heavy atom. The molecule has 1 atom stereocenters. The molecule has 3 aromatic rings. The fourth-order valence-corrected chi connectivity index (χ4v) is 3.81. The summed E-state index contributed by atoms with van der Waals surface area (Å²) in [5.41, 5.74) is 4.64. The number of allylic oxidation sites excluding steroid dienone is 1. The van der Waals surface area contributed by atoms with Crippen molar-refractivity contribution in [2.45, 2.75) is 19.0 Å². The van der Waals surface area contributed by atoms with E-state index in [9.17, 15) is 0 Å². The number of ether oxygens (including phenoxy) is 1. The third-order valence-corrected chi connectivity index (χ3v) is 5.01. The number of hydrogen-bond acceptors (Lipinski definition) is 5. The average Bonchev–Trinajstić information content (AvgIpc) is 3.36. The molecule has 0 radical (unpaired) electrons. The molecule has 1 fully saturated rings. The zero-order valence-corrected chi connectivity index (χ0v) is 14.0. The van der Waals surface area contributed by atoms with Gasteiger partial charge in [-0.1, -0.05) is 0 Å². The number of methoxy groups -OCH3 is 1. The van der Waals surface area contributed by atoms with Crippen molar-refractivity contribution < 1.29 is 4.74 Å². The highest BCUT2D eigenvalue weighted by Crippen LogP contribution is 2.43. The summed E-state index contributed by atoms with van der Waals surface area (Å²) >= 11 is 0. The SMILES string of the molecule is COc1ccc(N2C=C3CCCN3C2c2ccc3ncnn3c2)cc1. The molecule has 5 rings (SSSR count). The van der Waals surface area contributed by atoms with Crippen molar-refractivity contribution in [2.75, 3.05) is 18.6 Å². The normalized spacial score (nSPS) is 19.4. The van der Waals surface area contributed by atoms with Crippen molar-refractivity contribution in [1.29, 1.82) is 0 Å². The predicted octanol–water partition coefficient (Wildman–Crippen LogP) is 3.19. The molecule has 2 aromatic heterocycles. The first-order valence-electron chi connectivity index (χ1n) is 8.52. The number of hydrogen-bond donors (Lipinski definition) is 0. The van der Waals surface area contributed by atoms with Crippen LogP contribution in [0.2, 0.25) is 0 Å². The van der Waals surface area contributed by atoms with E-state index in [0.717, 1.165) is 30.0 Å². The first-order chi connectivity index (χ1) is 12.3. The van der Waals surface area contributed by atoms with Crippen molar-refractivity contribution in [3.8, 4) is 5.75 Å². The number of nitrogens with zero attached hydrogens (tertiary/aromatic N) is 5. The molecule has 6 heteroatoms. The minimum atomic E-state index is 0.152. The molecule has 0 spiro atoms. The van der Waals surface area contributed by atoms with Gasteiger partial charge in [-0.05, 0) is 49.2 Å². The summed E-state index contributed by atoms with van der Waals surface area (Å²) in [5.74, 6) is 0.872. The van der Waals surface area contributed by atoms with E-state index in [2.05, 4.69) is 50.5 Å². The van der Waals surface area contributed by atoms with Gasteiger partial charge in [0.15, 0.2) is 5.65 Å². The number of benzene rings is 1. The van der Waals surface area contributed by atoms with Crippen molar-refractivity contribution in [3.05, 3.63) is 66.4 Å². The zero-order chi connectivity index (χ0) is 16.8. The molecule has 1 aromatic carbocycles. The molecule has 0 saturated carbocycles. The Labute approximate surface area is 146 Å². The van der Waals surface area contributed by atoms with Gasteiger partial charge in [0.25, 0.3) is 0 Å². The maximum absolute atomic E-state index is 5.29. The molecule has 4 heterocycles. The van der Waals surface area contributed by atoms with Crippen LogP contribution in [0.1, 0.15) is 24.6 Å². The topological polar surface area (TPSA) is 45.9 Å². The predicted molar refractivity (Wildman–Crippen MR) is 95.2 cm³/mol. The number of fused-ring (bicyclic) bond motifs is 2. The average molecular weight is 333 g/mol. The van der Waals surface area contributed by atoms with Gasteiger partial charge in [-0.25, -0.2) is 9.50 Å². The summed E-state index contributed by atoms with van der Waals surface area (Å²) in [4.78, 5) is 9.07. The fraction of sp³-hybridized carbons (Fsp3) is 0.263. The lowest BCUT2D eigenvalue weighted by Gasteiger charge is -2.32. The first kappa shape index (κ1) is 14.3. The third kappa shape index (κ3) is 2.25. The van der Waals surface area contributed by atoms with Crippen LogP contribution in [0, 0.1) is 0 Å². The van der Waals surface area contributed by atoms with Crippen LogP contribution < -0.4 is 9.64 Å². The second-order valence-corrected chi connectivity index (χ2v) is 6.42. The quantitative estimate of drug-likeness (QED) is 0.736. The van der Waals surface area contributed by atoms with Crippen LogP contribution in [-0.4, -0.2) is 33.2 Å². The van der Waals surface area contributed by atoms with E-state index >= 15 is 0 Å². The lowest BCUT2D eigenvalue weighted by Crippen LogP contribution is -2.30. The van der Waals surface area contributed by atoms with E-state index in [0.29, 0.717) is 0 Å². The Kier molecular flexibility index (Phi) is 3.16. The molecule has 1 unspecified atom stereocenters. The van der Waals surface area contributed by atoms with Gasteiger partial charge in [-0.15, -0.1) is 0 Å². The van der Waals surface area contributed by atoms with E-state index in [1.54, 1.807) is 13.4 Å². The summed E-state index contributed by atoms with van der Waals surface area (Å²) < 4.78 is 7.14. The van der Waals surface area contributed by atoms with Crippen LogP contribution in [0.25, 0.3) is 5.65 Å². The molecule has 0 N–H and O–H groups in total. The lowest BCUT2D eigenvalue weighted by atomic mass is 10.1. The Hall–Kier alpha value is -3.02. The zero-order valence-electron chi connectivity index (χ0n) is 14.0. The van der Waals surface area contributed by atoms with Crippen LogP contribution in [0.5, 0.6) is 5.75 Å². The molecule has 2 aliphatic rings. The Morgan fingerprint density at radius 2 is 2.00 bits per heavy atom. The van der Waals surface area contributed by atoms with Crippen LogP contribution in [0.3, 0.4) is 0 Å². The van der Waals surface area contributed by atoms with E-state index in [1.807, 2.05) is 22.7 Å². The summed E-state index contributed by atoms with van der Waals surface area (Å²) in [6, 6.07) is 12.4. The largest absolute Gasteiger partial charge is 0.497 e. The summed E-state index contributed by atoms with van der Waals surface area (Å²) in [7, 11) is 1.69. The number of pyridine rings is 1. The maximum atomic E-state index is 5.29. The van der Waals surface area contributed by atoms with Crippen LogP contribution >= 0.6 is 0 Å². The molecule has 1 saturated heterocycles. The van der Waals surface area contributed by atoms with E-state index in [1.165, 1.54) is 17.7 Å². The molecule has 25 heavy (non-hydrogen) atoms. The molecule has 2 aliphatic heterocycles. The Bertz CT molecular complexity index is 946. The van der Waals surface area contributed by atoms with E-state index in [-0.39, 0.29) is 6.17 Å². The Balaban J connectivity index is 1.58. The molecule has 126 valence electrons. The maximum Gasteiger partial charge on any atom is 0.155 e. The van der Waals surface area contributed by atoms with E-state index < -0.39 is 0 Å². The van der Waals surface area contributed by atoms with Gasteiger partial charge in [-0.3, -0.25) is 0 Å². The molecule has 0 bridgehead atoms. The second-order valence-electron chi connectivity index (χ2n) is 6.42. The highest BCUT2D eigenvalue weighted by molar-refractivity contribution is 5.56. The van der Waals surface area contributed by atoms with Crippen molar-refractivity contribution in [1.82, 2.24) is 19.5 Å². The number of anilines is 1. The van der Waals surface area contributed by atoms with Gasteiger partial charge in [0.05, 0.1) is 7.11 Å². The summed E-state index contributed by atoms with van der Waals surface area (Å²) in [5, 5.41) is 4.29. The van der Waals surface area contributed by atoms with Gasteiger partial charge < -0.3 is 14.5 Å².